The van der Waals surface area contributed by atoms with Crippen molar-refractivity contribution in [3.63, 3.8) is 0 Å². The Morgan fingerprint density at radius 2 is 2.26 bits per heavy atom. The second kappa shape index (κ2) is 7.87. The fourth-order valence-electron chi connectivity index (χ4n) is 2.23. The Morgan fingerprint density at radius 1 is 1.48 bits per heavy atom. The number of rotatable bonds is 7. The van der Waals surface area contributed by atoms with Gasteiger partial charge in [0.05, 0.1) is 12.8 Å². The molecule has 0 saturated heterocycles. The molecule has 5 nitrogen and oxygen atoms in total. The van der Waals surface area contributed by atoms with Crippen molar-refractivity contribution in [2.24, 2.45) is 0 Å². The largest absolute Gasteiger partial charge is 0.497 e. The van der Waals surface area contributed by atoms with E-state index in [-0.39, 0.29) is 11.8 Å². The Morgan fingerprint density at radius 3 is 2.91 bits per heavy atom. The summed E-state index contributed by atoms with van der Waals surface area (Å²) in [6.07, 6.45) is 1.72. The predicted molar refractivity (Wildman–Crippen MR) is 91.9 cm³/mol. The zero-order valence-electron chi connectivity index (χ0n) is 13.7. The summed E-state index contributed by atoms with van der Waals surface area (Å²) in [4.78, 5) is 15.2. The first-order valence-electron chi connectivity index (χ1n) is 7.42. The molecule has 0 aliphatic carbocycles. The van der Waals surface area contributed by atoms with Gasteiger partial charge in [0.25, 0.3) is 5.91 Å². The van der Waals surface area contributed by atoms with Crippen LogP contribution in [0.25, 0.3) is 0 Å². The van der Waals surface area contributed by atoms with E-state index in [4.69, 9.17) is 4.74 Å². The lowest BCUT2D eigenvalue weighted by Crippen LogP contribution is -2.31. The number of carbonyl (C=O) groups excluding carboxylic acids is 1. The Labute approximate surface area is 140 Å². The van der Waals surface area contributed by atoms with Crippen LogP contribution in [0, 0.1) is 0 Å². The van der Waals surface area contributed by atoms with Crippen molar-refractivity contribution in [2.45, 2.75) is 26.3 Å². The predicted octanol–water partition coefficient (Wildman–Crippen LogP) is 3.50. The molecule has 1 aromatic heterocycles. The summed E-state index contributed by atoms with van der Waals surface area (Å²) in [5.74, 6) is 0.873. The monoisotopic (exact) mass is 331 g/mol. The molecule has 2 rings (SSSR count). The molecule has 0 N–H and O–H groups in total. The van der Waals surface area contributed by atoms with Gasteiger partial charge in [0.2, 0.25) is 0 Å². The van der Waals surface area contributed by atoms with Crippen LogP contribution in [-0.2, 0) is 6.54 Å². The lowest BCUT2D eigenvalue weighted by Gasteiger charge is -2.21. The van der Waals surface area contributed by atoms with Crippen molar-refractivity contribution in [3.8, 4) is 5.75 Å². The topological polar surface area (TPSA) is 55.3 Å². The van der Waals surface area contributed by atoms with Gasteiger partial charge in [0.1, 0.15) is 10.6 Å². The molecule has 122 valence electrons. The highest BCUT2D eigenvalue weighted by Crippen LogP contribution is 2.23. The Bertz CT molecular complexity index is 682. The molecule has 0 unspecified atom stereocenters. The maximum Gasteiger partial charge on any atom is 0.268 e. The van der Waals surface area contributed by atoms with Crippen LogP contribution >= 0.6 is 11.5 Å². The molecule has 1 amide bonds. The lowest BCUT2D eigenvalue weighted by atomic mass is 10.1. The molecule has 0 radical (unpaired) electrons. The highest BCUT2D eigenvalue weighted by atomic mass is 32.1. The van der Waals surface area contributed by atoms with E-state index in [0.29, 0.717) is 18.0 Å². The van der Waals surface area contributed by atoms with Crippen molar-refractivity contribution >= 4 is 17.4 Å². The van der Waals surface area contributed by atoms with E-state index in [1.807, 2.05) is 38.1 Å². The van der Waals surface area contributed by atoms with Gasteiger partial charge in [-0.25, -0.2) is 0 Å². The molecular weight excluding hydrogens is 310 g/mol. The summed E-state index contributed by atoms with van der Waals surface area (Å²) in [7, 11) is 1.63. The molecular formula is C17H21N3O2S. The second-order valence-corrected chi connectivity index (χ2v) is 6.22. The number of nitrogens with zero attached hydrogens (tertiary/aromatic N) is 3. The number of amides is 1. The first kappa shape index (κ1) is 17.1. The van der Waals surface area contributed by atoms with Gasteiger partial charge in [-0.05, 0) is 35.1 Å². The number of ether oxygens (including phenoxy) is 1. The standard InChI is InChI=1S/C17H21N3O2S/c1-5-9-20(11-13-7-6-8-14(10-13)22-4)17(21)16-15(12(2)3)18-19-23-16/h5-8,10,12H,1,9,11H2,2-4H3. The quantitative estimate of drug-likeness (QED) is 0.729. The highest BCUT2D eigenvalue weighted by Gasteiger charge is 2.23. The van der Waals surface area contributed by atoms with Gasteiger partial charge >= 0.3 is 0 Å². The molecule has 0 aliphatic heterocycles. The first-order chi connectivity index (χ1) is 11.1. The first-order valence-corrected chi connectivity index (χ1v) is 8.19. The zero-order valence-corrected chi connectivity index (χ0v) is 14.5. The van der Waals surface area contributed by atoms with Gasteiger partial charge in [-0.15, -0.1) is 11.7 Å². The third kappa shape index (κ3) is 4.16. The number of benzene rings is 1. The Kier molecular flexibility index (Phi) is 5.87. The van der Waals surface area contributed by atoms with Crippen LogP contribution < -0.4 is 4.74 Å². The average molecular weight is 331 g/mol. The maximum atomic E-state index is 12.9. The molecule has 23 heavy (non-hydrogen) atoms. The minimum atomic E-state index is -0.0635. The van der Waals surface area contributed by atoms with Gasteiger partial charge in [0, 0.05) is 13.1 Å². The van der Waals surface area contributed by atoms with Gasteiger partial charge in [-0.1, -0.05) is 36.5 Å². The van der Waals surface area contributed by atoms with Crippen LogP contribution in [0.5, 0.6) is 5.75 Å². The molecule has 0 bridgehead atoms. The van der Waals surface area contributed by atoms with E-state index in [1.165, 1.54) is 0 Å². The van der Waals surface area contributed by atoms with Crippen molar-refractivity contribution in [3.05, 3.63) is 53.1 Å². The van der Waals surface area contributed by atoms with E-state index in [9.17, 15) is 4.79 Å². The van der Waals surface area contributed by atoms with E-state index in [1.54, 1.807) is 18.1 Å². The Balaban J connectivity index is 2.24. The van der Waals surface area contributed by atoms with Gasteiger partial charge in [-0.2, -0.15) is 0 Å². The van der Waals surface area contributed by atoms with Gasteiger partial charge < -0.3 is 9.64 Å². The third-order valence-electron chi connectivity index (χ3n) is 3.40. The third-order valence-corrected chi connectivity index (χ3v) is 4.13. The fraction of sp³-hybridized carbons (Fsp3) is 0.353. The molecule has 0 saturated carbocycles. The Hall–Kier alpha value is -2.21. The minimum Gasteiger partial charge on any atom is -0.497 e. The number of methoxy groups -OCH3 is 1. The van der Waals surface area contributed by atoms with Crippen molar-refractivity contribution in [1.29, 1.82) is 0 Å². The van der Waals surface area contributed by atoms with Crippen molar-refractivity contribution < 1.29 is 9.53 Å². The second-order valence-electron chi connectivity index (χ2n) is 5.47. The normalized spacial score (nSPS) is 10.6. The molecule has 0 spiro atoms. The van der Waals surface area contributed by atoms with Gasteiger partial charge in [0.15, 0.2) is 0 Å². The number of hydrogen-bond acceptors (Lipinski definition) is 5. The number of carbonyl (C=O) groups is 1. The van der Waals surface area contributed by atoms with Crippen LogP contribution in [-0.4, -0.2) is 34.0 Å². The summed E-state index contributed by atoms with van der Waals surface area (Å²) in [6, 6.07) is 7.70. The van der Waals surface area contributed by atoms with Crippen LogP contribution in [0.1, 0.15) is 40.7 Å². The van der Waals surface area contributed by atoms with Crippen LogP contribution in [0.4, 0.5) is 0 Å². The van der Waals surface area contributed by atoms with E-state index in [0.717, 1.165) is 28.5 Å². The average Bonchev–Trinajstić information content (AvgIpc) is 3.04. The number of hydrogen-bond donors (Lipinski definition) is 0. The smallest absolute Gasteiger partial charge is 0.268 e. The van der Waals surface area contributed by atoms with E-state index >= 15 is 0 Å². The lowest BCUT2D eigenvalue weighted by molar-refractivity contribution is 0.0765. The van der Waals surface area contributed by atoms with Crippen molar-refractivity contribution in [2.75, 3.05) is 13.7 Å². The van der Waals surface area contributed by atoms with Crippen molar-refractivity contribution in [1.82, 2.24) is 14.5 Å². The minimum absolute atomic E-state index is 0.0635. The maximum absolute atomic E-state index is 12.9. The molecule has 1 heterocycles. The molecule has 0 aliphatic rings. The summed E-state index contributed by atoms with van der Waals surface area (Å²) in [5, 5.41) is 4.09. The van der Waals surface area contributed by atoms with Crippen LogP contribution in [0.15, 0.2) is 36.9 Å². The summed E-state index contributed by atoms with van der Waals surface area (Å²) in [6.45, 7) is 8.71. The highest BCUT2D eigenvalue weighted by molar-refractivity contribution is 7.08. The number of aromatic nitrogens is 2. The molecule has 2 aromatic rings. The van der Waals surface area contributed by atoms with Crippen LogP contribution in [0.2, 0.25) is 0 Å². The molecule has 1 aromatic carbocycles. The SMILES string of the molecule is C=CCN(Cc1cccc(OC)c1)C(=O)c1snnc1C(C)C. The molecule has 6 heteroatoms. The zero-order chi connectivity index (χ0) is 16.8. The molecule has 0 fully saturated rings. The summed E-state index contributed by atoms with van der Waals surface area (Å²) in [5.41, 5.74) is 1.75. The fourth-order valence-corrected chi connectivity index (χ4v) is 3.02. The van der Waals surface area contributed by atoms with E-state index in [2.05, 4.69) is 16.2 Å². The summed E-state index contributed by atoms with van der Waals surface area (Å²) >= 11 is 1.15. The molecule has 0 atom stereocenters. The van der Waals surface area contributed by atoms with Crippen LogP contribution in [0.3, 0.4) is 0 Å². The van der Waals surface area contributed by atoms with Gasteiger partial charge in [-0.3, -0.25) is 4.79 Å². The summed E-state index contributed by atoms with van der Waals surface area (Å²) < 4.78 is 9.18. The van der Waals surface area contributed by atoms with E-state index < -0.39 is 0 Å².